The normalized spacial score (nSPS) is 13.4. The van der Waals surface area contributed by atoms with Crippen molar-refractivity contribution in [2.45, 2.75) is 44.9 Å². The number of rotatable bonds is 8. The van der Waals surface area contributed by atoms with Gasteiger partial charge in [0.05, 0.1) is 29.5 Å². The summed E-state index contributed by atoms with van der Waals surface area (Å²) in [5.74, 6) is 0.735. The highest BCUT2D eigenvalue weighted by Gasteiger charge is 2.39. The lowest BCUT2D eigenvalue weighted by Gasteiger charge is -2.37. The average Bonchev–Trinajstić information content (AvgIpc) is 3.86. The van der Waals surface area contributed by atoms with Crippen LogP contribution in [0.3, 0.4) is 0 Å². The van der Waals surface area contributed by atoms with Crippen molar-refractivity contribution in [3.63, 3.8) is 0 Å². The molecule has 3 heterocycles. The smallest absolute Gasteiger partial charge is 0.145 e. The van der Waals surface area contributed by atoms with Crippen LogP contribution >= 0.6 is 0 Å². The maximum Gasteiger partial charge on any atom is 0.145 e. The fourth-order valence-electron chi connectivity index (χ4n) is 8.89. The summed E-state index contributed by atoms with van der Waals surface area (Å²) in [6.45, 7) is 10.0. The molecule has 0 radical (unpaired) electrons. The van der Waals surface area contributed by atoms with Crippen LogP contribution in [-0.4, -0.2) is 28.0 Å². The highest BCUT2D eigenvalue weighted by molar-refractivity contribution is 6.12. The topological polar surface area (TPSA) is 23.8 Å². The standard InChI is InChI=1S/C50H46N4/c1-34(2)41-23-15-24-42(35(3)4)48(41)47-32-51-49-45-31-39(26-27-43(45)44-22-12-13-25-46(44)54(47)49)50(36-16-8-6-9-17-36,37-18-10-7-11-19-37)38-20-14-21-40(30-38)53-29-28-52(5)33-53/h6-32,34-35H,33H2,1-5H3. The van der Waals surface area contributed by atoms with Crippen LogP contribution < -0.4 is 4.90 Å². The van der Waals surface area contributed by atoms with Gasteiger partial charge in [-0.25, -0.2) is 4.98 Å². The van der Waals surface area contributed by atoms with E-state index in [9.17, 15) is 0 Å². The molecule has 9 rings (SSSR count). The van der Waals surface area contributed by atoms with Crippen LogP contribution in [0.25, 0.3) is 38.6 Å². The first-order valence-corrected chi connectivity index (χ1v) is 19.2. The van der Waals surface area contributed by atoms with Gasteiger partial charge in [0.1, 0.15) is 5.65 Å². The molecule has 0 atom stereocenters. The number of hydrogen-bond donors (Lipinski definition) is 0. The number of para-hydroxylation sites is 1. The zero-order chi connectivity index (χ0) is 37.0. The van der Waals surface area contributed by atoms with E-state index < -0.39 is 5.41 Å². The summed E-state index contributed by atoms with van der Waals surface area (Å²) in [6.07, 6.45) is 6.42. The molecular weight excluding hydrogens is 657 g/mol. The Morgan fingerprint density at radius 3 is 1.81 bits per heavy atom. The molecule has 0 saturated heterocycles. The fourth-order valence-corrected chi connectivity index (χ4v) is 8.89. The van der Waals surface area contributed by atoms with Gasteiger partial charge in [-0.15, -0.1) is 0 Å². The van der Waals surface area contributed by atoms with Crippen LogP contribution in [0, 0.1) is 0 Å². The summed E-state index contributed by atoms with van der Waals surface area (Å²) in [7, 11) is 2.12. The second-order valence-corrected chi connectivity index (χ2v) is 15.4. The predicted octanol–water partition coefficient (Wildman–Crippen LogP) is 12.1. The molecule has 8 aromatic rings. The van der Waals surface area contributed by atoms with Gasteiger partial charge in [0.2, 0.25) is 0 Å². The van der Waals surface area contributed by atoms with E-state index in [-0.39, 0.29) is 0 Å². The minimum atomic E-state index is -0.616. The van der Waals surface area contributed by atoms with Crippen LogP contribution in [-0.2, 0) is 5.41 Å². The van der Waals surface area contributed by atoms with E-state index in [0.29, 0.717) is 11.8 Å². The van der Waals surface area contributed by atoms with Crippen molar-refractivity contribution in [2.75, 3.05) is 18.6 Å². The van der Waals surface area contributed by atoms with Gasteiger partial charge in [0.25, 0.3) is 0 Å². The molecule has 1 aliphatic heterocycles. The Labute approximate surface area is 318 Å². The van der Waals surface area contributed by atoms with Gasteiger partial charge in [-0.1, -0.05) is 149 Å². The second-order valence-electron chi connectivity index (χ2n) is 15.4. The van der Waals surface area contributed by atoms with E-state index in [0.717, 1.165) is 23.4 Å². The molecule has 0 amide bonds. The third-order valence-corrected chi connectivity index (χ3v) is 11.4. The summed E-state index contributed by atoms with van der Waals surface area (Å²) in [5.41, 5.74) is 12.7. The molecule has 6 aromatic carbocycles. The van der Waals surface area contributed by atoms with Gasteiger partial charge in [0, 0.05) is 41.5 Å². The van der Waals surface area contributed by atoms with Gasteiger partial charge in [-0.3, -0.25) is 4.40 Å². The Morgan fingerprint density at radius 2 is 1.17 bits per heavy atom. The molecule has 0 aliphatic carbocycles. The summed E-state index contributed by atoms with van der Waals surface area (Å²) >= 11 is 0. The Bertz CT molecular complexity index is 2600. The van der Waals surface area contributed by atoms with Gasteiger partial charge in [-0.05, 0) is 74.9 Å². The molecule has 4 heteroatoms. The Kier molecular flexibility index (Phi) is 8.34. The first-order chi connectivity index (χ1) is 26.4. The van der Waals surface area contributed by atoms with E-state index in [1.807, 2.05) is 0 Å². The first-order valence-electron chi connectivity index (χ1n) is 19.2. The summed E-state index contributed by atoms with van der Waals surface area (Å²) in [4.78, 5) is 9.85. The molecule has 0 N–H and O–H groups in total. The summed E-state index contributed by atoms with van der Waals surface area (Å²) in [5, 5.41) is 3.56. The number of pyridine rings is 1. The SMILES string of the molecule is CC(C)c1cccc(C(C)C)c1-c1cnc2c3cc(C(c4ccccc4)(c4ccccc4)c4cccc(N5C=CN(C)C5)c4)ccc3c3ccccc3n12. The predicted molar refractivity (Wildman–Crippen MR) is 226 cm³/mol. The van der Waals surface area contributed by atoms with Gasteiger partial charge in [0.15, 0.2) is 0 Å². The quantitative estimate of drug-likeness (QED) is 0.116. The summed E-state index contributed by atoms with van der Waals surface area (Å²) in [6, 6.07) is 53.9. The number of nitrogens with zero attached hydrogens (tertiary/aromatic N) is 4. The maximum absolute atomic E-state index is 5.33. The number of imidazole rings is 1. The second kappa shape index (κ2) is 13.4. The first kappa shape index (κ1) is 33.7. The van der Waals surface area contributed by atoms with Crippen LogP contribution in [0.4, 0.5) is 5.69 Å². The monoisotopic (exact) mass is 702 g/mol. The van der Waals surface area contributed by atoms with E-state index in [2.05, 4.69) is 213 Å². The van der Waals surface area contributed by atoms with Crippen molar-refractivity contribution in [1.29, 1.82) is 0 Å². The molecular formula is C50H46N4. The largest absolute Gasteiger partial charge is 0.361 e. The van der Waals surface area contributed by atoms with Gasteiger partial charge >= 0.3 is 0 Å². The van der Waals surface area contributed by atoms with E-state index in [4.69, 9.17) is 4.98 Å². The summed E-state index contributed by atoms with van der Waals surface area (Å²) < 4.78 is 2.43. The molecule has 1 aliphatic rings. The van der Waals surface area contributed by atoms with Crippen molar-refractivity contribution < 1.29 is 0 Å². The molecule has 0 unspecified atom stereocenters. The molecule has 0 saturated carbocycles. The lowest BCUT2D eigenvalue weighted by atomic mass is 9.65. The zero-order valence-electron chi connectivity index (χ0n) is 31.7. The number of fused-ring (bicyclic) bond motifs is 6. The van der Waals surface area contributed by atoms with Crippen molar-refractivity contribution >= 4 is 33.0 Å². The van der Waals surface area contributed by atoms with Crippen molar-refractivity contribution in [1.82, 2.24) is 14.3 Å². The van der Waals surface area contributed by atoms with Crippen molar-refractivity contribution in [2.24, 2.45) is 0 Å². The average molecular weight is 703 g/mol. The number of anilines is 1. The highest BCUT2D eigenvalue weighted by Crippen LogP contribution is 2.48. The number of hydrogen-bond acceptors (Lipinski definition) is 3. The molecule has 4 nitrogen and oxygen atoms in total. The zero-order valence-corrected chi connectivity index (χ0v) is 31.7. The van der Waals surface area contributed by atoms with Crippen LogP contribution in [0.5, 0.6) is 0 Å². The van der Waals surface area contributed by atoms with E-state index in [1.165, 1.54) is 60.9 Å². The lowest BCUT2D eigenvalue weighted by molar-refractivity contribution is 0.495. The third-order valence-electron chi connectivity index (χ3n) is 11.4. The van der Waals surface area contributed by atoms with Crippen LogP contribution in [0.2, 0.25) is 0 Å². The van der Waals surface area contributed by atoms with Crippen LogP contribution in [0.1, 0.15) is 72.9 Å². The number of aromatic nitrogens is 2. The molecule has 54 heavy (non-hydrogen) atoms. The third kappa shape index (κ3) is 5.31. The van der Waals surface area contributed by atoms with E-state index in [1.54, 1.807) is 0 Å². The highest BCUT2D eigenvalue weighted by atomic mass is 15.3. The maximum atomic E-state index is 5.33. The Balaban J connectivity index is 1.39. The molecule has 0 fully saturated rings. The molecule has 0 spiro atoms. The van der Waals surface area contributed by atoms with Gasteiger partial charge in [-0.2, -0.15) is 0 Å². The van der Waals surface area contributed by atoms with Crippen molar-refractivity contribution in [3.8, 4) is 11.3 Å². The number of benzene rings is 6. The van der Waals surface area contributed by atoms with E-state index >= 15 is 0 Å². The van der Waals surface area contributed by atoms with Crippen molar-refractivity contribution in [3.05, 3.63) is 198 Å². The molecule has 2 aromatic heterocycles. The Morgan fingerprint density at radius 1 is 0.556 bits per heavy atom. The minimum Gasteiger partial charge on any atom is -0.361 e. The van der Waals surface area contributed by atoms with Gasteiger partial charge < -0.3 is 9.80 Å². The minimum absolute atomic E-state index is 0.368. The fraction of sp³-hybridized carbons (Fsp3) is 0.180. The molecule has 266 valence electrons. The molecule has 0 bridgehead atoms. The lowest BCUT2D eigenvalue weighted by Crippen LogP contribution is -2.31. The Hall–Kier alpha value is -6.13. The van der Waals surface area contributed by atoms with Crippen LogP contribution in [0.15, 0.2) is 164 Å².